The maximum atomic E-state index is 5.92. The quantitative estimate of drug-likeness (QED) is 0.732. The van der Waals surface area contributed by atoms with Gasteiger partial charge in [0.1, 0.15) is 11.9 Å². The van der Waals surface area contributed by atoms with Crippen LogP contribution in [-0.2, 0) is 11.2 Å². The molecule has 0 amide bonds. The molecular weight excluding hydrogens is 320 g/mol. The SMILES string of the molecule is COCCN(C)CCNCC1Cc2cc(Br)ccc2O1. The second-order valence-corrected chi connectivity index (χ2v) is 6.11. The van der Waals surface area contributed by atoms with E-state index in [0.29, 0.717) is 0 Å². The molecule has 1 aliphatic rings. The van der Waals surface area contributed by atoms with Gasteiger partial charge >= 0.3 is 0 Å². The molecule has 0 bridgehead atoms. The Bertz CT molecular complexity index is 428. The Morgan fingerprint density at radius 1 is 1.45 bits per heavy atom. The van der Waals surface area contributed by atoms with Crippen LogP contribution in [-0.4, -0.2) is 57.9 Å². The third-order valence-electron chi connectivity index (χ3n) is 3.48. The Morgan fingerprint density at radius 3 is 3.10 bits per heavy atom. The lowest BCUT2D eigenvalue weighted by Crippen LogP contribution is -2.36. The summed E-state index contributed by atoms with van der Waals surface area (Å²) in [6.45, 7) is 4.64. The molecule has 112 valence electrons. The van der Waals surface area contributed by atoms with E-state index in [9.17, 15) is 0 Å². The Kier molecular flexibility index (Phi) is 6.29. The van der Waals surface area contributed by atoms with Gasteiger partial charge in [-0.25, -0.2) is 0 Å². The highest BCUT2D eigenvalue weighted by Crippen LogP contribution is 2.30. The van der Waals surface area contributed by atoms with Gasteiger partial charge in [0.25, 0.3) is 0 Å². The normalized spacial score (nSPS) is 17.3. The van der Waals surface area contributed by atoms with E-state index in [0.717, 1.165) is 49.4 Å². The molecule has 1 atom stereocenters. The van der Waals surface area contributed by atoms with Crippen LogP contribution >= 0.6 is 15.9 Å². The smallest absolute Gasteiger partial charge is 0.123 e. The van der Waals surface area contributed by atoms with E-state index in [-0.39, 0.29) is 6.10 Å². The third-order valence-corrected chi connectivity index (χ3v) is 3.98. The van der Waals surface area contributed by atoms with Crippen molar-refractivity contribution in [2.75, 3.05) is 46.9 Å². The summed E-state index contributed by atoms with van der Waals surface area (Å²) in [5.74, 6) is 1.03. The number of ether oxygens (including phenoxy) is 2. The van der Waals surface area contributed by atoms with Crippen molar-refractivity contribution in [3.8, 4) is 5.75 Å². The van der Waals surface area contributed by atoms with Crippen LogP contribution in [0, 0.1) is 0 Å². The lowest BCUT2D eigenvalue weighted by molar-refractivity contribution is 0.160. The van der Waals surface area contributed by atoms with Gasteiger partial charge in [0.15, 0.2) is 0 Å². The zero-order chi connectivity index (χ0) is 14.4. The second kappa shape index (κ2) is 7.98. The summed E-state index contributed by atoms with van der Waals surface area (Å²) in [6, 6.07) is 6.21. The Hall–Kier alpha value is -0.620. The molecule has 0 spiro atoms. The Morgan fingerprint density at radius 2 is 2.30 bits per heavy atom. The van der Waals surface area contributed by atoms with E-state index < -0.39 is 0 Å². The summed E-state index contributed by atoms with van der Waals surface area (Å²) in [4.78, 5) is 2.26. The lowest BCUT2D eigenvalue weighted by Gasteiger charge is -2.17. The molecule has 0 saturated carbocycles. The van der Waals surface area contributed by atoms with Crippen LogP contribution in [0.3, 0.4) is 0 Å². The molecule has 1 aliphatic heterocycles. The monoisotopic (exact) mass is 342 g/mol. The topological polar surface area (TPSA) is 33.7 Å². The predicted octanol–water partition coefficient (Wildman–Crippen LogP) is 1.92. The molecule has 0 aromatic heterocycles. The first kappa shape index (κ1) is 15.8. The van der Waals surface area contributed by atoms with E-state index in [1.54, 1.807) is 7.11 Å². The van der Waals surface area contributed by atoms with Crippen LogP contribution in [0.25, 0.3) is 0 Å². The minimum Gasteiger partial charge on any atom is -0.488 e. The fraction of sp³-hybridized carbons (Fsp3) is 0.600. The minimum absolute atomic E-state index is 0.253. The summed E-state index contributed by atoms with van der Waals surface area (Å²) in [5.41, 5.74) is 1.29. The van der Waals surface area contributed by atoms with Crippen LogP contribution in [0.2, 0.25) is 0 Å². The molecule has 1 aromatic carbocycles. The first-order valence-electron chi connectivity index (χ1n) is 7.02. The highest BCUT2D eigenvalue weighted by molar-refractivity contribution is 9.10. The second-order valence-electron chi connectivity index (χ2n) is 5.20. The Balaban J connectivity index is 1.62. The summed E-state index contributed by atoms with van der Waals surface area (Å²) < 4.78 is 12.1. The predicted molar refractivity (Wildman–Crippen MR) is 84.5 cm³/mol. The zero-order valence-corrected chi connectivity index (χ0v) is 13.8. The van der Waals surface area contributed by atoms with Crippen LogP contribution in [0.1, 0.15) is 5.56 Å². The molecular formula is C15H23BrN2O2. The van der Waals surface area contributed by atoms with Gasteiger partial charge in [0.05, 0.1) is 6.61 Å². The summed E-state index contributed by atoms with van der Waals surface area (Å²) in [5, 5.41) is 3.46. The molecule has 1 aromatic rings. The van der Waals surface area contributed by atoms with Gasteiger partial charge in [-0.15, -0.1) is 0 Å². The van der Waals surface area contributed by atoms with E-state index in [1.165, 1.54) is 5.56 Å². The molecule has 20 heavy (non-hydrogen) atoms. The zero-order valence-electron chi connectivity index (χ0n) is 12.2. The van der Waals surface area contributed by atoms with Gasteiger partial charge in [0.2, 0.25) is 0 Å². The number of nitrogens with zero attached hydrogens (tertiary/aromatic N) is 1. The first-order chi connectivity index (χ1) is 9.69. The number of benzene rings is 1. The number of likely N-dealkylation sites (N-methyl/N-ethyl adjacent to an activating group) is 1. The van der Waals surface area contributed by atoms with Crippen LogP contribution in [0.15, 0.2) is 22.7 Å². The van der Waals surface area contributed by atoms with Crippen molar-refractivity contribution in [1.29, 1.82) is 0 Å². The molecule has 0 aliphatic carbocycles. The van der Waals surface area contributed by atoms with Crippen molar-refractivity contribution in [1.82, 2.24) is 10.2 Å². The molecule has 1 heterocycles. The largest absolute Gasteiger partial charge is 0.488 e. The highest BCUT2D eigenvalue weighted by Gasteiger charge is 2.22. The molecule has 0 radical (unpaired) electrons. The number of nitrogens with one attached hydrogen (secondary N) is 1. The van der Waals surface area contributed by atoms with Gasteiger partial charge in [-0.3, -0.25) is 0 Å². The molecule has 0 saturated heterocycles. The lowest BCUT2D eigenvalue weighted by atomic mass is 10.1. The van der Waals surface area contributed by atoms with Gasteiger partial charge < -0.3 is 19.7 Å². The van der Waals surface area contributed by atoms with Crippen LogP contribution in [0.4, 0.5) is 0 Å². The van der Waals surface area contributed by atoms with Crippen molar-refractivity contribution in [3.63, 3.8) is 0 Å². The average Bonchev–Trinajstić information content (AvgIpc) is 2.83. The standard InChI is InChI=1S/C15H23BrN2O2/c1-18(7-8-19-2)6-5-17-11-14-10-12-9-13(16)3-4-15(12)20-14/h3-4,9,14,17H,5-8,10-11H2,1-2H3. The van der Waals surface area contributed by atoms with E-state index in [2.05, 4.69) is 39.3 Å². The van der Waals surface area contributed by atoms with Gasteiger partial charge in [-0.2, -0.15) is 0 Å². The fourth-order valence-electron chi connectivity index (χ4n) is 2.29. The maximum Gasteiger partial charge on any atom is 0.123 e. The Labute approximate surface area is 129 Å². The van der Waals surface area contributed by atoms with Gasteiger partial charge in [0, 0.05) is 44.2 Å². The molecule has 0 fully saturated rings. The summed E-state index contributed by atoms with van der Waals surface area (Å²) in [6.07, 6.45) is 1.24. The summed E-state index contributed by atoms with van der Waals surface area (Å²) >= 11 is 3.50. The van der Waals surface area contributed by atoms with Crippen molar-refractivity contribution in [3.05, 3.63) is 28.2 Å². The number of hydrogen-bond donors (Lipinski definition) is 1. The number of methoxy groups -OCH3 is 1. The fourth-order valence-corrected chi connectivity index (χ4v) is 2.70. The molecule has 4 nitrogen and oxygen atoms in total. The van der Waals surface area contributed by atoms with Crippen molar-refractivity contribution in [2.45, 2.75) is 12.5 Å². The first-order valence-corrected chi connectivity index (χ1v) is 7.81. The minimum atomic E-state index is 0.253. The van der Waals surface area contributed by atoms with E-state index in [1.807, 2.05) is 12.1 Å². The molecule has 1 unspecified atom stereocenters. The molecule has 2 rings (SSSR count). The number of fused-ring (bicyclic) bond motifs is 1. The summed E-state index contributed by atoms with van der Waals surface area (Å²) in [7, 11) is 3.85. The van der Waals surface area contributed by atoms with Crippen molar-refractivity contribution >= 4 is 15.9 Å². The van der Waals surface area contributed by atoms with Crippen LogP contribution < -0.4 is 10.1 Å². The maximum absolute atomic E-state index is 5.92. The van der Waals surface area contributed by atoms with Crippen molar-refractivity contribution < 1.29 is 9.47 Å². The van der Waals surface area contributed by atoms with Gasteiger partial charge in [-0.1, -0.05) is 15.9 Å². The third kappa shape index (κ3) is 4.74. The van der Waals surface area contributed by atoms with Gasteiger partial charge in [-0.05, 0) is 30.8 Å². The highest BCUT2D eigenvalue weighted by atomic mass is 79.9. The molecule has 1 N–H and O–H groups in total. The van der Waals surface area contributed by atoms with E-state index in [4.69, 9.17) is 9.47 Å². The van der Waals surface area contributed by atoms with Crippen LogP contribution in [0.5, 0.6) is 5.75 Å². The molecule has 5 heteroatoms. The number of hydrogen-bond acceptors (Lipinski definition) is 4. The number of rotatable bonds is 8. The van der Waals surface area contributed by atoms with Crippen molar-refractivity contribution in [2.24, 2.45) is 0 Å². The van der Waals surface area contributed by atoms with E-state index >= 15 is 0 Å². The average molecular weight is 343 g/mol. The number of halogens is 1.